The molecule has 0 atom stereocenters. The van der Waals surface area contributed by atoms with Crippen molar-refractivity contribution in [3.05, 3.63) is 53.6 Å². The fraction of sp³-hybridized carbons (Fsp3) is 0.250. The molecule has 0 saturated heterocycles. The Morgan fingerprint density at radius 1 is 1.15 bits per heavy atom. The molecule has 0 saturated carbocycles. The number of hydrogen-bond donors (Lipinski definition) is 1. The van der Waals surface area contributed by atoms with Crippen molar-refractivity contribution in [2.75, 3.05) is 25.6 Å². The number of aldehydes is 1. The predicted molar refractivity (Wildman–Crippen MR) is 99.5 cm³/mol. The first kappa shape index (κ1) is 20.0. The van der Waals surface area contributed by atoms with Gasteiger partial charge in [0.25, 0.3) is 5.91 Å². The van der Waals surface area contributed by atoms with Gasteiger partial charge < -0.3 is 19.5 Å². The third kappa shape index (κ3) is 5.57. The van der Waals surface area contributed by atoms with E-state index >= 15 is 0 Å². The van der Waals surface area contributed by atoms with E-state index < -0.39 is 11.9 Å². The summed E-state index contributed by atoms with van der Waals surface area (Å²) in [4.78, 5) is 35.2. The summed E-state index contributed by atoms with van der Waals surface area (Å²) in [5.74, 6) is -0.346. The molecule has 0 unspecified atom stereocenters. The van der Waals surface area contributed by atoms with Crippen molar-refractivity contribution in [3.8, 4) is 11.5 Å². The second-order valence-corrected chi connectivity index (χ2v) is 5.55. The normalized spacial score (nSPS) is 10.0. The smallest absolute Gasteiger partial charge is 0.338 e. The standard InChI is InChI=1S/C20H21NO6/c1-3-10-26-20(24)14-6-4-8-16(11-14)21-18(23)13-27-19-15(12-22)7-5-9-17(19)25-2/h4-9,11-12H,3,10,13H2,1-2H3,(H,21,23). The van der Waals surface area contributed by atoms with Gasteiger partial charge in [-0.15, -0.1) is 0 Å². The summed E-state index contributed by atoms with van der Waals surface area (Å²) in [6, 6.07) is 11.3. The van der Waals surface area contributed by atoms with Crippen LogP contribution in [0.25, 0.3) is 0 Å². The molecule has 0 spiro atoms. The van der Waals surface area contributed by atoms with Crippen LogP contribution in [-0.4, -0.2) is 38.5 Å². The lowest BCUT2D eigenvalue weighted by Crippen LogP contribution is -2.21. The SMILES string of the molecule is CCCOC(=O)c1cccc(NC(=O)COc2c(C=O)cccc2OC)c1. The van der Waals surface area contributed by atoms with Gasteiger partial charge in [-0.05, 0) is 36.8 Å². The number of ether oxygens (including phenoxy) is 3. The Hall–Kier alpha value is -3.35. The molecule has 0 heterocycles. The zero-order valence-electron chi connectivity index (χ0n) is 15.2. The molecule has 0 aromatic heterocycles. The van der Waals surface area contributed by atoms with E-state index in [1.807, 2.05) is 6.92 Å². The minimum absolute atomic E-state index is 0.196. The number of carbonyl (C=O) groups is 3. The van der Waals surface area contributed by atoms with Crippen molar-refractivity contribution in [2.45, 2.75) is 13.3 Å². The fourth-order valence-electron chi connectivity index (χ4n) is 2.28. The molecule has 0 aliphatic heterocycles. The monoisotopic (exact) mass is 371 g/mol. The fourth-order valence-corrected chi connectivity index (χ4v) is 2.28. The first-order valence-electron chi connectivity index (χ1n) is 8.41. The van der Waals surface area contributed by atoms with Crippen LogP contribution in [-0.2, 0) is 9.53 Å². The van der Waals surface area contributed by atoms with E-state index in [0.717, 1.165) is 6.42 Å². The van der Waals surface area contributed by atoms with Gasteiger partial charge in [0.15, 0.2) is 24.4 Å². The number of nitrogens with one attached hydrogen (secondary N) is 1. The van der Waals surface area contributed by atoms with Gasteiger partial charge in [0, 0.05) is 5.69 Å². The van der Waals surface area contributed by atoms with E-state index in [1.54, 1.807) is 36.4 Å². The maximum Gasteiger partial charge on any atom is 0.338 e. The van der Waals surface area contributed by atoms with Gasteiger partial charge in [0.05, 0.1) is 24.8 Å². The topological polar surface area (TPSA) is 90.9 Å². The summed E-state index contributed by atoms with van der Waals surface area (Å²) in [5.41, 5.74) is 1.06. The highest BCUT2D eigenvalue weighted by Gasteiger charge is 2.13. The molecule has 142 valence electrons. The quantitative estimate of drug-likeness (QED) is 0.538. The van der Waals surface area contributed by atoms with Crippen molar-refractivity contribution < 1.29 is 28.6 Å². The van der Waals surface area contributed by atoms with Crippen LogP contribution < -0.4 is 14.8 Å². The van der Waals surface area contributed by atoms with Crippen LogP contribution in [0.4, 0.5) is 5.69 Å². The molecular formula is C20H21NO6. The van der Waals surface area contributed by atoms with Crippen molar-refractivity contribution in [1.82, 2.24) is 0 Å². The van der Waals surface area contributed by atoms with Gasteiger partial charge in [-0.25, -0.2) is 4.79 Å². The van der Waals surface area contributed by atoms with Gasteiger partial charge in [0.1, 0.15) is 0 Å². The lowest BCUT2D eigenvalue weighted by Gasteiger charge is -2.12. The van der Waals surface area contributed by atoms with Crippen molar-refractivity contribution in [3.63, 3.8) is 0 Å². The number of rotatable bonds is 9. The van der Waals surface area contributed by atoms with Crippen LogP contribution in [0.5, 0.6) is 11.5 Å². The lowest BCUT2D eigenvalue weighted by atomic mass is 10.2. The summed E-state index contributed by atoms with van der Waals surface area (Å²) in [7, 11) is 1.44. The summed E-state index contributed by atoms with van der Waals surface area (Å²) >= 11 is 0. The average Bonchev–Trinajstić information content (AvgIpc) is 2.70. The summed E-state index contributed by atoms with van der Waals surface area (Å²) in [6.07, 6.45) is 1.35. The lowest BCUT2D eigenvalue weighted by molar-refractivity contribution is -0.118. The number of amides is 1. The van der Waals surface area contributed by atoms with E-state index in [0.29, 0.717) is 29.9 Å². The molecule has 2 aromatic carbocycles. The second kappa shape index (κ2) is 9.96. The minimum Gasteiger partial charge on any atom is -0.493 e. The molecule has 2 aromatic rings. The molecule has 0 bridgehead atoms. The summed E-state index contributed by atoms with van der Waals surface area (Å²) < 4.78 is 15.7. The van der Waals surface area contributed by atoms with Crippen LogP contribution in [0, 0.1) is 0 Å². The zero-order chi connectivity index (χ0) is 19.6. The minimum atomic E-state index is -0.450. The molecule has 27 heavy (non-hydrogen) atoms. The van der Waals surface area contributed by atoms with Crippen LogP contribution >= 0.6 is 0 Å². The third-order valence-electron chi connectivity index (χ3n) is 3.52. The van der Waals surface area contributed by atoms with Crippen LogP contribution in [0.15, 0.2) is 42.5 Å². The number of esters is 1. The zero-order valence-corrected chi connectivity index (χ0v) is 15.2. The van der Waals surface area contributed by atoms with Gasteiger partial charge in [0.2, 0.25) is 0 Å². The number of benzene rings is 2. The maximum atomic E-state index is 12.2. The molecule has 0 aliphatic rings. The highest BCUT2D eigenvalue weighted by atomic mass is 16.5. The Bertz CT molecular complexity index is 818. The largest absolute Gasteiger partial charge is 0.493 e. The highest BCUT2D eigenvalue weighted by molar-refractivity contribution is 5.95. The van der Waals surface area contributed by atoms with E-state index in [9.17, 15) is 14.4 Å². The predicted octanol–water partition coefficient (Wildman–Crippen LogP) is 3.09. The molecule has 0 radical (unpaired) electrons. The number of hydrogen-bond acceptors (Lipinski definition) is 6. The van der Waals surface area contributed by atoms with Gasteiger partial charge in [-0.3, -0.25) is 9.59 Å². The molecule has 1 N–H and O–H groups in total. The molecule has 0 aliphatic carbocycles. The Morgan fingerprint density at radius 2 is 1.93 bits per heavy atom. The molecule has 2 rings (SSSR count). The first-order valence-corrected chi connectivity index (χ1v) is 8.41. The van der Waals surface area contributed by atoms with Gasteiger partial charge in [-0.2, -0.15) is 0 Å². The van der Waals surface area contributed by atoms with Crippen LogP contribution in [0.3, 0.4) is 0 Å². The average molecular weight is 371 g/mol. The Labute approximate surface area is 157 Å². The van der Waals surface area contributed by atoms with Gasteiger partial charge >= 0.3 is 5.97 Å². The number of anilines is 1. The van der Waals surface area contributed by atoms with Crippen molar-refractivity contribution in [1.29, 1.82) is 0 Å². The molecular weight excluding hydrogens is 350 g/mol. The Kier molecular flexibility index (Phi) is 7.37. The molecule has 7 heteroatoms. The van der Waals surface area contributed by atoms with Gasteiger partial charge in [-0.1, -0.05) is 19.1 Å². The Balaban J connectivity index is 2.01. The summed E-state index contributed by atoms with van der Waals surface area (Å²) in [6.45, 7) is 1.91. The number of methoxy groups -OCH3 is 1. The van der Waals surface area contributed by atoms with Crippen molar-refractivity contribution >= 4 is 23.9 Å². The second-order valence-electron chi connectivity index (χ2n) is 5.55. The van der Waals surface area contributed by atoms with Crippen molar-refractivity contribution in [2.24, 2.45) is 0 Å². The Morgan fingerprint density at radius 3 is 2.63 bits per heavy atom. The van der Waals surface area contributed by atoms with Crippen LogP contribution in [0.1, 0.15) is 34.1 Å². The third-order valence-corrected chi connectivity index (χ3v) is 3.52. The van der Waals surface area contributed by atoms with E-state index in [4.69, 9.17) is 14.2 Å². The highest BCUT2D eigenvalue weighted by Crippen LogP contribution is 2.29. The van der Waals surface area contributed by atoms with E-state index in [1.165, 1.54) is 13.2 Å². The molecule has 0 fully saturated rings. The first-order chi connectivity index (χ1) is 13.1. The summed E-state index contributed by atoms with van der Waals surface area (Å²) in [5, 5.41) is 2.64. The number of carbonyl (C=O) groups excluding carboxylic acids is 3. The molecule has 1 amide bonds. The van der Waals surface area contributed by atoms with Crippen LogP contribution in [0.2, 0.25) is 0 Å². The molecule has 7 nitrogen and oxygen atoms in total. The maximum absolute atomic E-state index is 12.2. The van der Waals surface area contributed by atoms with E-state index in [2.05, 4.69) is 5.32 Å². The number of para-hydroxylation sites is 1. The van der Waals surface area contributed by atoms with E-state index in [-0.39, 0.29) is 17.9 Å².